The molecular weight excluding hydrogens is 345 g/mol. The Balaban J connectivity index is 1.65. The van der Waals surface area contributed by atoms with Crippen molar-refractivity contribution in [3.63, 3.8) is 0 Å². The number of carbonyl (C=O) groups excluding carboxylic acids is 1. The summed E-state index contributed by atoms with van der Waals surface area (Å²) in [5.41, 5.74) is 1.77. The Kier molecular flexibility index (Phi) is 4.89. The summed E-state index contributed by atoms with van der Waals surface area (Å²) in [6.07, 6.45) is 3.85. The third-order valence-corrected chi connectivity index (χ3v) is 6.09. The second kappa shape index (κ2) is 6.95. The van der Waals surface area contributed by atoms with Crippen molar-refractivity contribution in [2.45, 2.75) is 24.6 Å². The highest BCUT2D eigenvalue weighted by atomic mass is 32.2. The second-order valence-corrected chi connectivity index (χ2v) is 8.69. The summed E-state index contributed by atoms with van der Waals surface area (Å²) in [5, 5.41) is 3.71. The predicted octanol–water partition coefficient (Wildman–Crippen LogP) is 1.26. The van der Waals surface area contributed by atoms with Crippen molar-refractivity contribution in [2.75, 3.05) is 19.3 Å². The molecule has 1 aromatic heterocycles. The van der Waals surface area contributed by atoms with Gasteiger partial charge in [0.05, 0.1) is 5.25 Å². The van der Waals surface area contributed by atoms with Crippen molar-refractivity contribution in [1.82, 2.24) is 14.7 Å². The van der Waals surface area contributed by atoms with E-state index in [1.165, 1.54) is 18.4 Å². The number of nitrogens with zero attached hydrogens (tertiary/aromatic N) is 3. The molecule has 1 saturated heterocycles. The first-order valence-corrected chi connectivity index (χ1v) is 10.00. The lowest BCUT2D eigenvalue weighted by Gasteiger charge is -2.17. The third-order valence-electron chi connectivity index (χ3n) is 4.49. The monoisotopic (exact) mass is 365 g/mol. The van der Waals surface area contributed by atoms with Crippen molar-refractivity contribution in [1.29, 1.82) is 0 Å². The van der Waals surface area contributed by atoms with Gasteiger partial charge in [-0.25, -0.2) is 12.8 Å². The maximum absolute atomic E-state index is 13.0. The summed E-state index contributed by atoms with van der Waals surface area (Å²) in [5.74, 6) is -0.433. The van der Waals surface area contributed by atoms with E-state index < -0.39 is 15.1 Å². The Bertz CT molecular complexity index is 862. The van der Waals surface area contributed by atoms with Crippen LogP contribution in [0.2, 0.25) is 0 Å². The molecule has 0 radical (unpaired) electrons. The lowest BCUT2D eigenvalue weighted by Crippen LogP contribution is -2.34. The summed E-state index contributed by atoms with van der Waals surface area (Å²) in [6, 6.07) is 8.02. The van der Waals surface area contributed by atoms with Crippen LogP contribution in [0.15, 0.2) is 36.5 Å². The van der Waals surface area contributed by atoms with Crippen LogP contribution < -0.4 is 0 Å². The van der Waals surface area contributed by atoms with Gasteiger partial charge in [-0.05, 0) is 30.2 Å². The number of benzene rings is 1. The van der Waals surface area contributed by atoms with E-state index in [-0.39, 0.29) is 24.8 Å². The molecule has 134 valence electrons. The van der Waals surface area contributed by atoms with Crippen LogP contribution in [0.1, 0.15) is 17.7 Å². The molecule has 0 N–H and O–H groups in total. The topological polar surface area (TPSA) is 72.3 Å². The fraction of sp³-hybridized carbons (Fsp3) is 0.412. The number of halogens is 1. The Hall–Kier alpha value is -2.22. The molecule has 2 heterocycles. The minimum Gasteiger partial charge on any atom is -0.340 e. The molecule has 1 atom stereocenters. The zero-order chi connectivity index (χ0) is 18.0. The van der Waals surface area contributed by atoms with E-state index in [4.69, 9.17) is 0 Å². The number of likely N-dealkylation sites (tertiary alicyclic amines) is 1. The smallest absolute Gasteiger partial charge is 0.244 e. The maximum Gasteiger partial charge on any atom is 0.244 e. The first kappa shape index (κ1) is 17.6. The molecule has 1 aliphatic heterocycles. The molecule has 0 bridgehead atoms. The average molecular weight is 365 g/mol. The fourth-order valence-electron chi connectivity index (χ4n) is 3.00. The molecule has 8 heteroatoms. The number of hydrogen-bond acceptors (Lipinski definition) is 4. The van der Waals surface area contributed by atoms with Crippen molar-refractivity contribution in [3.05, 3.63) is 53.6 Å². The molecule has 25 heavy (non-hydrogen) atoms. The van der Waals surface area contributed by atoms with Gasteiger partial charge in [-0.2, -0.15) is 5.10 Å². The highest BCUT2D eigenvalue weighted by Crippen LogP contribution is 2.17. The van der Waals surface area contributed by atoms with E-state index in [1.807, 2.05) is 6.07 Å². The van der Waals surface area contributed by atoms with Crippen LogP contribution in [0.4, 0.5) is 4.39 Å². The second-order valence-electron chi connectivity index (χ2n) is 6.36. The minimum absolute atomic E-state index is 0.0695. The number of rotatable bonds is 5. The number of sulfone groups is 1. The van der Waals surface area contributed by atoms with Crippen LogP contribution >= 0.6 is 0 Å². The highest BCUT2D eigenvalue weighted by Gasteiger charge is 2.32. The van der Waals surface area contributed by atoms with Gasteiger partial charge in [0.1, 0.15) is 12.4 Å². The molecule has 1 aromatic carbocycles. The zero-order valence-corrected chi connectivity index (χ0v) is 14.7. The van der Waals surface area contributed by atoms with Crippen molar-refractivity contribution >= 4 is 15.7 Å². The Morgan fingerprint density at radius 1 is 1.28 bits per heavy atom. The minimum atomic E-state index is -3.13. The molecule has 1 fully saturated rings. The van der Waals surface area contributed by atoms with Crippen LogP contribution in [0.25, 0.3) is 0 Å². The summed E-state index contributed by atoms with van der Waals surface area (Å²) in [4.78, 5) is 14.0. The van der Waals surface area contributed by atoms with E-state index in [9.17, 15) is 17.6 Å². The normalized spacial score (nSPS) is 17.8. The van der Waals surface area contributed by atoms with Crippen molar-refractivity contribution < 1.29 is 17.6 Å². The summed E-state index contributed by atoms with van der Waals surface area (Å²) in [6.45, 7) is 0.761. The highest BCUT2D eigenvalue weighted by molar-refractivity contribution is 7.91. The standard InChI is InChI=1S/C17H20FN3O3S/c1-25(23,24)16-7-9-20(11-16)17(22)12-21-15(6-8-19-21)10-13-2-4-14(18)5-3-13/h2-6,8,16H,7,9-12H2,1H3. The lowest BCUT2D eigenvalue weighted by atomic mass is 10.1. The quantitative estimate of drug-likeness (QED) is 0.800. The molecule has 0 aliphatic carbocycles. The number of hydrogen-bond donors (Lipinski definition) is 0. The van der Waals surface area contributed by atoms with Crippen LogP contribution in [-0.2, 0) is 27.6 Å². The summed E-state index contributed by atoms with van der Waals surface area (Å²) < 4.78 is 37.8. The molecule has 1 unspecified atom stereocenters. The molecule has 2 aromatic rings. The molecule has 1 aliphatic rings. The molecule has 6 nitrogen and oxygen atoms in total. The average Bonchev–Trinajstić information content (AvgIpc) is 3.19. The van der Waals surface area contributed by atoms with Crippen molar-refractivity contribution in [2.24, 2.45) is 0 Å². The largest absolute Gasteiger partial charge is 0.340 e. The predicted molar refractivity (Wildman–Crippen MR) is 91.3 cm³/mol. The van der Waals surface area contributed by atoms with Gasteiger partial charge in [0, 0.05) is 37.7 Å². The third kappa shape index (κ3) is 4.25. The molecule has 0 spiro atoms. The lowest BCUT2D eigenvalue weighted by molar-refractivity contribution is -0.130. The van der Waals surface area contributed by atoms with E-state index in [2.05, 4.69) is 5.10 Å². The van der Waals surface area contributed by atoms with E-state index in [0.717, 1.165) is 11.3 Å². The number of carbonyl (C=O) groups is 1. The van der Waals surface area contributed by atoms with Crippen LogP contribution in [-0.4, -0.2) is 53.6 Å². The molecule has 3 rings (SSSR count). The van der Waals surface area contributed by atoms with E-state index in [0.29, 0.717) is 19.4 Å². The van der Waals surface area contributed by atoms with Gasteiger partial charge in [-0.15, -0.1) is 0 Å². The van der Waals surface area contributed by atoms with Crippen molar-refractivity contribution in [3.8, 4) is 0 Å². The first-order chi connectivity index (χ1) is 11.8. The van der Waals surface area contributed by atoms with Crippen LogP contribution in [0.3, 0.4) is 0 Å². The molecule has 1 amide bonds. The Morgan fingerprint density at radius 3 is 2.64 bits per heavy atom. The van der Waals surface area contributed by atoms with Gasteiger partial charge in [-0.3, -0.25) is 9.48 Å². The maximum atomic E-state index is 13.0. The van der Waals surface area contributed by atoms with E-state index >= 15 is 0 Å². The summed E-state index contributed by atoms with van der Waals surface area (Å²) in [7, 11) is -3.13. The van der Waals surface area contributed by atoms with Gasteiger partial charge in [0.15, 0.2) is 9.84 Å². The number of aromatic nitrogens is 2. The Labute approximate surface area is 146 Å². The van der Waals surface area contributed by atoms with Gasteiger partial charge < -0.3 is 4.90 Å². The SMILES string of the molecule is CS(=O)(=O)C1CCN(C(=O)Cn2nccc2Cc2ccc(F)cc2)C1. The van der Waals surface area contributed by atoms with Gasteiger partial charge in [0.2, 0.25) is 5.91 Å². The first-order valence-electron chi connectivity index (χ1n) is 8.05. The Morgan fingerprint density at radius 2 is 2.00 bits per heavy atom. The zero-order valence-electron chi connectivity index (χ0n) is 13.9. The summed E-state index contributed by atoms with van der Waals surface area (Å²) >= 11 is 0. The molecular formula is C17H20FN3O3S. The fourth-order valence-corrected chi connectivity index (χ4v) is 3.98. The van der Waals surface area contributed by atoms with Gasteiger partial charge in [0.25, 0.3) is 0 Å². The van der Waals surface area contributed by atoms with Gasteiger partial charge in [-0.1, -0.05) is 12.1 Å². The van der Waals surface area contributed by atoms with Crippen LogP contribution in [0.5, 0.6) is 0 Å². The van der Waals surface area contributed by atoms with Crippen LogP contribution in [0, 0.1) is 5.82 Å². The molecule has 0 saturated carbocycles. The van der Waals surface area contributed by atoms with E-state index in [1.54, 1.807) is 27.9 Å². The number of amides is 1. The van der Waals surface area contributed by atoms with Gasteiger partial charge >= 0.3 is 0 Å².